The van der Waals surface area contributed by atoms with Crippen LogP contribution in [0, 0.1) is 22.7 Å². The van der Waals surface area contributed by atoms with Crippen molar-refractivity contribution in [3.63, 3.8) is 0 Å². The molecule has 0 saturated heterocycles. The average molecular weight is 335 g/mol. The summed E-state index contributed by atoms with van der Waals surface area (Å²) in [5.74, 6) is 0.871. The van der Waals surface area contributed by atoms with Crippen LogP contribution in [0.25, 0.3) is 0 Å². The third kappa shape index (κ3) is 3.33. The van der Waals surface area contributed by atoms with Gasteiger partial charge in [0, 0.05) is 0 Å². The van der Waals surface area contributed by atoms with Crippen LogP contribution < -0.4 is 0 Å². The Labute approximate surface area is 147 Å². The minimum Gasteiger partial charge on any atom is -0.469 e. The highest BCUT2D eigenvalue weighted by molar-refractivity contribution is 5.77. The van der Waals surface area contributed by atoms with E-state index in [9.17, 15) is 4.79 Å². The molecule has 0 aromatic heterocycles. The molecule has 2 rings (SSSR count). The van der Waals surface area contributed by atoms with Gasteiger partial charge in [0.05, 0.1) is 19.1 Å². The van der Waals surface area contributed by atoms with E-state index in [4.69, 9.17) is 9.84 Å². The molecule has 24 heavy (non-hydrogen) atoms. The zero-order valence-electron chi connectivity index (χ0n) is 16.0. The van der Waals surface area contributed by atoms with Crippen molar-refractivity contribution in [3.8, 4) is 0 Å². The predicted octanol–water partition coefficient (Wildman–Crippen LogP) is 4.66. The van der Waals surface area contributed by atoms with Gasteiger partial charge >= 0.3 is 5.97 Å². The number of aliphatic hydroxyl groups excluding tert-OH is 1. The summed E-state index contributed by atoms with van der Waals surface area (Å²) >= 11 is 0. The monoisotopic (exact) mass is 334 g/mol. The lowest BCUT2D eigenvalue weighted by Gasteiger charge is -2.53. The van der Waals surface area contributed by atoms with E-state index in [1.165, 1.54) is 18.3 Å². The second-order valence-corrected chi connectivity index (χ2v) is 8.29. The third-order valence-corrected chi connectivity index (χ3v) is 6.94. The molecule has 0 aromatic carbocycles. The molecule has 0 aromatic rings. The summed E-state index contributed by atoms with van der Waals surface area (Å²) in [6.07, 6.45) is 10.5. The zero-order chi connectivity index (χ0) is 18.0. The highest BCUT2D eigenvalue weighted by Gasteiger charge is 2.52. The van der Waals surface area contributed by atoms with Crippen molar-refractivity contribution in [1.82, 2.24) is 0 Å². The zero-order valence-corrected chi connectivity index (χ0v) is 16.0. The number of ether oxygens (including phenoxy) is 1. The van der Waals surface area contributed by atoms with Crippen molar-refractivity contribution in [2.24, 2.45) is 22.7 Å². The molecule has 3 heteroatoms. The van der Waals surface area contributed by atoms with Crippen LogP contribution in [-0.4, -0.2) is 24.8 Å². The van der Waals surface area contributed by atoms with Gasteiger partial charge in [-0.2, -0.15) is 0 Å². The standard InChI is InChI=1S/C21H34O3/c1-15(11-14-22)10-13-20(3)16(2)8-9-18-17(20)7-6-12-21(18,4)19(23)24-5/h7,11,16,18,22H,6,8-10,12-14H2,1-5H3/b15-11+/t16-,18+,20+,21+/m1/s1. The molecular formula is C21H34O3. The molecule has 3 nitrogen and oxygen atoms in total. The number of aliphatic hydroxyl groups is 1. The second kappa shape index (κ2) is 7.43. The van der Waals surface area contributed by atoms with Crippen LogP contribution in [0.3, 0.4) is 0 Å². The molecular weight excluding hydrogens is 300 g/mol. The first-order chi connectivity index (χ1) is 11.3. The lowest BCUT2D eigenvalue weighted by atomic mass is 9.51. The Morgan fingerprint density at radius 3 is 2.75 bits per heavy atom. The average Bonchev–Trinajstić information content (AvgIpc) is 2.56. The Hall–Kier alpha value is -1.09. The van der Waals surface area contributed by atoms with E-state index in [1.54, 1.807) is 0 Å². The number of esters is 1. The van der Waals surface area contributed by atoms with Crippen LogP contribution in [0.15, 0.2) is 23.3 Å². The first-order valence-corrected chi connectivity index (χ1v) is 9.35. The van der Waals surface area contributed by atoms with Gasteiger partial charge in [-0.3, -0.25) is 4.79 Å². The number of fused-ring (bicyclic) bond motifs is 1. The maximum absolute atomic E-state index is 12.5. The molecule has 0 amide bonds. The molecule has 0 unspecified atom stereocenters. The lowest BCUT2D eigenvalue weighted by molar-refractivity contribution is -0.156. The van der Waals surface area contributed by atoms with Crippen LogP contribution in [0.5, 0.6) is 0 Å². The van der Waals surface area contributed by atoms with Gasteiger partial charge in [-0.05, 0) is 69.6 Å². The molecule has 0 radical (unpaired) electrons. The summed E-state index contributed by atoms with van der Waals surface area (Å²) in [6, 6.07) is 0. The van der Waals surface area contributed by atoms with E-state index in [1.807, 2.05) is 6.08 Å². The smallest absolute Gasteiger partial charge is 0.312 e. The first kappa shape index (κ1) is 19.2. The van der Waals surface area contributed by atoms with E-state index in [0.717, 1.165) is 38.5 Å². The molecule has 2 aliphatic carbocycles. The van der Waals surface area contributed by atoms with Crippen LogP contribution in [-0.2, 0) is 9.53 Å². The minimum atomic E-state index is -0.379. The van der Waals surface area contributed by atoms with Crippen molar-refractivity contribution >= 4 is 5.97 Å². The first-order valence-electron chi connectivity index (χ1n) is 9.35. The fourth-order valence-corrected chi connectivity index (χ4v) is 4.90. The Balaban J connectivity index is 2.30. The molecule has 0 bridgehead atoms. The number of carbonyl (C=O) groups excluding carboxylic acids is 1. The Morgan fingerprint density at radius 2 is 2.12 bits per heavy atom. The van der Waals surface area contributed by atoms with E-state index in [-0.39, 0.29) is 23.4 Å². The summed E-state index contributed by atoms with van der Waals surface area (Å²) in [6.45, 7) is 9.04. The lowest BCUT2D eigenvalue weighted by Crippen LogP contribution is -2.47. The van der Waals surface area contributed by atoms with Crippen LogP contribution in [0.1, 0.15) is 66.2 Å². The molecule has 2 aliphatic rings. The predicted molar refractivity (Wildman–Crippen MR) is 97.5 cm³/mol. The van der Waals surface area contributed by atoms with Gasteiger partial charge in [-0.25, -0.2) is 0 Å². The number of hydrogen-bond donors (Lipinski definition) is 1. The van der Waals surface area contributed by atoms with E-state index in [0.29, 0.717) is 11.8 Å². The number of rotatable bonds is 5. The third-order valence-electron chi connectivity index (χ3n) is 6.94. The van der Waals surface area contributed by atoms with Crippen molar-refractivity contribution in [3.05, 3.63) is 23.3 Å². The van der Waals surface area contributed by atoms with Crippen LogP contribution >= 0.6 is 0 Å². The van der Waals surface area contributed by atoms with Crippen molar-refractivity contribution in [1.29, 1.82) is 0 Å². The summed E-state index contributed by atoms with van der Waals surface area (Å²) in [5.41, 5.74) is 2.48. The molecule has 0 aliphatic heterocycles. The summed E-state index contributed by atoms with van der Waals surface area (Å²) in [4.78, 5) is 12.5. The maximum Gasteiger partial charge on any atom is 0.312 e. The topological polar surface area (TPSA) is 46.5 Å². The number of methoxy groups -OCH3 is 1. The van der Waals surface area contributed by atoms with Gasteiger partial charge in [0.1, 0.15) is 0 Å². The van der Waals surface area contributed by atoms with Crippen LogP contribution in [0.4, 0.5) is 0 Å². The fraction of sp³-hybridized carbons (Fsp3) is 0.762. The van der Waals surface area contributed by atoms with Crippen molar-refractivity contribution < 1.29 is 14.6 Å². The highest BCUT2D eigenvalue weighted by Crippen LogP contribution is 2.58. The quantitative estimate of drug-likeness (QED) is 0.587. The molecule has 136 valence electrons. The largest absolute Gasteiger partial charge is 0.469 e. The molecule has 1 N–H and O–H groups in total. The Kier molecular flexibility index (Phi) is 5.95. The minimum absolute atomic E-state index is 0.0497. The normalized spacial score (nSPS) is 36.8. The van der Waals surface area contributed by atoms with Gasteiger partial charge in [0.15, 0.2) is 0 Å². The van der Waals surface area contributed by atoms with Crippen LogP contribution in [0.2, 0.25) is 0 Å². The molecule has 0 spiro atoms. The van der Waals surface area contributed by atoms with E-state index < -0.39 is 0 Å². The summed E-state index contributed by atoms with van der Waals surface area (Å²) in [5, 5.41) is 9.09. The highest BCUT2D eigenvalue weighted by atomic mass is 16.5. The second-order valence-electron chi connectivity index (χ2n) is 8.29. The number of hydrogen-bond acceptors (Lipinski definition) is 3. The molecule has 0 heterocycles. The van der Waals surface area contributed by atoms with Crippen molar-refractivity contribution in [2.45, 2.75) is 66.2 Å². The van der Waals surface area contributed by atoms with Gasteiger partial charge in [-0.1, -0.05) is 37.1 Å². The van der Waals surface area contributed by atoms with Gasteiger partial charge in [0.25, 0.3) is 0 Å². The molecule has 4 atom stereocenters. The van der Waals surface area contributed by atoms with Gasteiger partial charge in [0.2, 0.25) is 0 Å². The number of allylic oxidation sites excluding steroid dienone is 3. The van der Waals surface area contributed by atoms with Gasteiger partial charge in [-0.15, -0.1) is 0 Å². The van der Waals surface area contributed by atoms with E-state index in [2.05, 4.69) is 33.8 Å². The van der Waals surface area contributed by atoms with Gasteiger partial charge < -0.3 is 9.84 Å². The molecule has 1 saturated carbocycles. The SMILES string of the molecule is COC(=O)[C@@]1(C)CCC=C2[C@@H]1CC[C@@H](C)[C@]2(C)CC/C(C)=C/CO. The van der Waals surface area contributed by atoms with Crippen molar-refractivity contribution in [2.75, 3.05) is 13.7 Å². The van der Waals surface area contributed by atoms with E-state index >= 15 is 0 Å². The molecule has 1 fully saturated rings. The Morgan fingerprint density at radius 1 is 1.42 bits per heavy atom. The number of carbonyl (C=O) groups is 1. The maximum atomic E-state index is 12.5. The summed E-state index contributed by atoms with van der Waals surface area (Å²) < 4.78 is 5.16. The summed E-state index contributed by atoms with van der Waals surface area (Å²) in [7, 11) is 1.51. The Bertz CT molecular complexity index is 533. The fourth-order valence-electron chi connectivity index (χ4n) is 4.90.